The van der Waals surface area contributed by atoms with Crippen molar-refractivity contribution in [3.05, 3.63) is 85.1 Å². The largest absolute Gasteiger partial charge is 0.394 e. The molecule has 4 heteroatoms. The number of unbranched alkanes of at least 4 members (excludes halogenated alkanes) is 13. The molecule has 0 spiro atoms. The Morgan fingerprint density at radius 2 is 0.978 bits per heavy atom. The average Bonchev–Trinajstić information content (AvgIpc) is 3.06. The molecule has 0 bridgehead atoms. The SMILES string of the molecule is CC/C=C\C/C=C\C/C=C\C/C=C\C/C=C\CCCCCCCC(=O)NC(CO)C(O)/C=C/CC/C=C/CCCCCCCCC. The summed E-state index contributed by atoms with van der Waals surface area (Å²) < 4.78 is 0. The van der Waals surface area contributed by atoms with E-state index >= 15 is 0 Å². The first-order valence-corrected chi connectivity index (χ1v) is 18.8. The van der Waals surface area contributed by atoms with Crippen molar-refractivity contribution >= 4 is 5.91 Å². The second kappa shape index (κ2) is 37.0. The highest BCUT2D eigenvalue weighted by atomic mass is 16.3. The maximum atomic E-state index is 12.3. The summed E-state index contributed by atoms with van der Waals surface area (Å²) in [6.07, 6.45) is 53.8. The van der Waals surface area contributed by atoms with Gasteiger partial charge in [0, 0.05) is 6.42 Å². The number of carbonyl (C=O) groups excluding carboxylic acids is 1. The summed E-state index contributed by atoms with van der Waals surface area (Å²) in [5.41, 5.74) is 0. The molecule has 0 aliphatic rings. The fourth-order valence-electron chi connectivity index (χ4n) is 4.98. The van der Waals surface area contributed by atoms with Crippen molar-refractivity contribution in [3.63, 3.8) is 0 Å². The molecule has 0 radical (unpaired) electrons. The van der Waals surface area contributed by atoms with Crippen LogP contribution in [-0.2, 0) is 4.79 Å². The quantitative estimate of drug-likeness (QED) is 0.0508. The van der Waals surface area contributed by atoms with E-state index in [1.807, 2.05) is 6.08 Å². The smallest absolute Gasteiger partial charge is 0.220 e. The Morgan fingerprint density at radius 3 is 1.52 bits per heavy atom. The molecule has 0 aliphatic carbocycles. The van der Waals surface area contributed by atoms with Crippen LogP contribution in [0.2, 0.25) is 0 Å². The van der Waals surface area contributed by atoms with Crippen LogP contribution in [-0.4, -0.2) is 34.9 Å². The van der Waals surface area contributed by atoms with Crippen LogP contribution in [0.15, 0.2) is 85.1 Å². The van der Waals surface area contributed by atoms with Gasteiger partial charge in [-0.25, -0.2) is 0 Å². The van der Waals surface area contributed by atoms with E-state index in [2.05, 4.69) is 92.1 Å². The van der Waals surface area contributed by atoms with E-state index in [0.717, 1.165) is 77.0 Å². The molecular weight excluding hydrogens is 566 g/mol. The van der Waals surface area contributed by atoms with Gasteiger partial charge >= 0.3 is 0 Å². The van der Waals surface area contributed by atoms with Crippen molar-refractivity contribution in [1.82, 2.24) is 5.32 Å². The van der Waals surface area contributed by atoms with Gasteiger partial charge in [0.05, 0.1) is 18.8 Å². The summed E-state index contributed by atoms with van der Waals surface area (Å²) in [5.74, 6) is -0.0985. The van der Waals surface area contributed by atoms with Crippen LogP contribution >= 0.6 is 0 Å². The molecule has 46 heavy (non-hydrogen) atoms. The number of hydrogen-bond acceptors (Lipinski definition) is 3. The Balaban J connectivity index is 3.75. The Kier molecular flexibility index (Phi) is 35.1. The van der Waals surface area contributed by atoms with Crippen molar-refractivity contribution in [3.8, 4) is 0 Å². The molecule has 0 aromatic heterocycles. The van der Waals surface area contributed by atoms with Crippen molar-refractivity contribution in [2.75, 3.05) is 6.61 Å². The minimum Gasteiger partial charge on any atom is -0.394 e. The molecule has 0 saturated heterocycles. The van der Waals surface area contributed by atoms with Gasteiger partial charge in [-0.1, -0.05) is 157 Å². The van der Waals surface area contributed by atoms with E-state index in [1.54, 1.807) is 6.08 Å². The highest BCUT2D eigenvalue weighted by Gasteiger charge is 2.17. The van der Waals surface area contributed by atoms with Crippen molar-refractivity contribution in [2.45, 2.75) is 167 Å². The van der Waals surface area contributed by atoms with E-state index < -0.39 is 12.1 Å². The molecule has 4 nitrogen and oxygen atoms in total. The third-order valence-corrected chi connectivity index (χ3v) is 7.86. The second-order valence-corrected chi connectivity index (χ2v) is 12.2. The maximum Gasteiger partial charge on any atom is 0.220 e. The molecule has 2 atom stereocenters. The van der Waals surface area contributed by atoms with Gasteiger partial charge in [0.1, 0.15) is 0 Å². The minimum atomic E-state index is -0.874. The molecule has 0 heterocycles. The zero-order valence-corrected chi connectivity index (χ0v) is 29.8. The topological polar surface area (TPSA) is 69.6 Å². The summed E-state index contributed by atoms with van der Waals surface area (Å²) >= 11 is 0. The minimum absolute atomic E-state index is 0.0985. The molecule has 1 amide bonds. The third kappa shape index (κ3) is 32.9. The number of amides is 1. The Morgan fingerprint density at radius 1 is 0.543 bits per heavy atom. The molecule has 0 saturated carbocycles. The number of nitrogens with one attached hydrogen (secondary N) is 1. The van der Waals surface area contributed by atoms with Gasteiger partial charge in [-0.15, -0.1) is 0 Å². The van der Waals surface area contributed by atoms with Crippen LogP contribution < -0.4 is 5.32 Å². The normalized spacial score (nSPS) is 14.1. The first-order valence-electron chi connectivity index (χ1n) is 18.8. The Bertz CT molecular complexity index is 864. The molecule has 0 aromatic rings. The monoisotopic (exact) mass is 638 g/mol. The van der Waals surface area contributed by atoms with Crippen LogP contribution in [0.25, 0.3) is 0 Å². The third-order valence-electron chi connectivity index (χ3n) is 7.86. The van der Waals surface area contributed by atoms with Crippen LogP contribution in [0.5, 0.6) is 0 Å². The zero-order valence-electron chi connectivity index (χ0n) is 29.8. The molecule has 3 N–H and O–H groups in total. The van der Waals surface area contributed by atoms with Gasteiger partial charge in [0.25, 0.3) is 0 Å². The lowest BCUT2D eigenvalue weighted by Crippen LogP contribution is -2.45. The van der Waals surface area contributed by atoms with Crippen LogP contribution in [0, 0.1) is 0 Å². The van der Waals surface area contributed by atoms with Gasteiger partial charge in [0.2, 0.25) is 5.91 Å². The number of allylic oxidation sites excluding steroid dienone is 13. The molecule has 262 valence electrons. The van der Waals surface area contributed by atoms with E-state index in [0.29, 0.717) is 6.42 Å². The van der Waals surface area contributed by atoms with Gasteiger partial charge in [0.15, 0.2) is 0 Å². The van der Waals surface area contributed by atoms with Gasteiger partial charge in [-0.05, 0) is 77.0 Å². The Labute approximate surface area is 284 Å². The van der Waals surface area contributed by atoms with E-state index in [9.17, 15) is 15.0 Å². The van der Waals surface area contributed by atoms with E-state index in [-0.39, 0.29) is 12.5 Å². The van der Waals surface area contributed by atoms with E-state index in [4.69, 9.17) is 0 Å². The molecule has 2 unspecified atom stereocenters. The van der Waals surface area contributed by atoms with Crippen LogP contribution in [0.4, 0.5) is 0 Å². The number of carbonyl (C=O) groups is 1. The molecule has 0 rings (SSSR count). The molecule has 0 aliphatic heterocycles. The van der Waals surface area contributed by atoms with Gasteiger partial charge in [-0.3, -0.25) is 4.79 Å². The fraction of sp³-hybridized carbons (Fsp3) is 0.643. The average molecular weight is 638 g/mol. The standard InChI is InChI=1S/C42H71NO3/c1-3-5-7-9-11-13-15-17-18-19-20-21-22-23-24-26-28-30-32-34-36-38-42(46)43-40(39-44)41(45)37-35-33-31-29-27-25-16-14-12-10-8-6-4-2/h5,7,11,13,17-18,20-21,23-24,27,29,35,37,40-41,44-45H,3-4,6,8-10,12,14-16,19,22,25-26,28,30-34,36,38-39H2,1-2H3,(H,43,46)/b7-5-,13-11-,18-17-,21-20-,24-23-,29-27+,37-35+. The second-order valence-electron chi connectivity index (χ2n) is 12.2. The maximum absolute atomic E-state index is 12.3. The van der Waals surface area contributed by atoms with Crippen LogP contribution in [0.3, 0.4) is 0 Å². The highest BCUT2D eigenvalue weighted by molar-refractivity contribution is 5.76. The fourth-order valence-corrected chi connectivity index (χ4v) is 4.98. The number of aliphatic hydroxyl groups excluding tert-OH is 2. The van der Waals surface area contributed by atoms with Gasteiger partial charge < -0.3 is 15.5 Å². The van der Waals surface area contributed by atoms with Crippen LogP contribution in [0.1, 0.15) is 155 Å². The summed E-state index contributed by atoms with van der Waals surface area (Å²) in [7, 11) is 0. The summed E-state index contributed by atoms with van der Waals surface area (Å²) in [5, 5.41) is 22.8. The molecule has 0 fully saturated rings. The first-order chi connectivity index (χ1) is 22.7. The van der Waals surface area contributed by atoms with Crippen molar-refractivity contribution < 1.29 is 15.0 Å². The van der Waals surface area contributed by atoms with E-state index in [1.165, 1.54) is 57.8 Å². The summed E-state index contributed by atoms with van der Waals surface area (Å²) in [6, 6.07) is -0.653. The summed E-state index contributed by atoms with van der Waals surface area (Å²) in [6.45, 7) is 4.14. The predicted molar refractivity (Wildman–Crippen MR) is 202 cm³/mol. The molecular formula is C42H71NO3. The lowest BCUT2D eigenvalue weighted by atomic mass is 10.1. The van der Waals surface area contributed by atoms with Crippen molar-refractivity contribution in [1.29, 1.82) is 0 Å². The number of rotatable bonds is 32. The number of aliphatic hydroxyl groups is 2. The number of hydrogen-bond donors (Lipinski definition) is 3. The first kappa shape index (κ1) is 43.6. The lowest BCUT2D eigenvalue weighted by Gasteiger charge is -2.19. The van der Waals surface area contributed by atoms with Gasteiger partial charge in [-0.2, -0.15) is 0 Å². The zero-order chi connectivity index (χ0) is 33.6. The highest BCUT2D eigenvalue weighted by Crippen LogP contribution is 2.10. The molecule has 0 aromatic carbocycles. The summed E-state index contributed by atoms with van der Waals surface area (Å²) in [4.78, 5) is 12.3. The van der Waals surface area contributed by atoms with Crippen molar-refractivity contribution in [2.24, 2.45) is 0 Å². The Hall–Kier alpha value is -2.43. The predicted octanol–water partition coefficient (Wildman–Crippen LogP) is 11.3. The lowest BCUT2D eigenvalue weighted by molar-refractivity contribution is -0.123.